The lowest BCUT2D eigenvalue weighted by atomic mass is 9.84. The van der Waals surface area contributed by atoms with Crippen molar-refractivity contribution in [1.29, 1.82) is 0 Å². The predicted octanol–water partition coefficient (Wildman–Crippen LogP) is 2.28. The average Bonchev–Trinajstić information content (AvgIpc) is 2.43. The minimum atomic E-state index is -0.240. The number of carbonyl (C=O) groups excluding carboxylic acids is 1. The van der Waals surface area contributed by atoms with Crippen molar-refractivity contribution in [3.63, 3.8) is 0 Å². The molecule has 0 spiro atoms. The van der Waals surface area contributed by atoms with Gasteiger partial charge in [0.05, 0.1) is 17.6 Å². The van der Waals surface area contributed by atoms with E-state index in [4.69, 9.17) is 4.84 Å². The number of nitrogens with zero attached hydrogens (tertiary/aromatic N) is 1. The van der Waals surface area contributed by atoms with Gasteiger partial charge in [0.1, 0.15) is 0 Å². The fraction of sp³-hybridized carbons (Fsp3) is 0.750. The van der Waals surface area contributed by atoms with E-state index < -0.39 is 0 Å². The third-order valence-electron chi connectivity index (χ3n) is 3.11. The van der Waals surface area contributed by atoms with Crippen LogP contribution in [0.15, 0.2) is 12.2 Å². The van der Waals surface area contributed by atoms with Crippen molar-refractivity contribution in [3.8, 4) is 0 Å². The summed E-state index contributed by atoms with van der Waals surface area (Å²) in [6.45, 7) is 9.96. The molecule has 1 aliphatic carbocycles. The van der Waals surface area contributed by atoms with Crippen LogP contribution in [0.2, 0.25) is 0 Å². The van der Waals surface area contributed by atoms with Gasteiger partial charge in [0.25, 0.3) is 5.91 Å². The van der Waals surface area contributed by atoms with Gasteiger partial charge >= 0.3 is 0 Å². The Hall–Kier alpha value is -0.830. The summed E-state index contributed by atoms with van der Waals surface area (Å²) in [5, 5.41) is 1.56. The second kappa shape index (κ2) is 3.34. The van der Waals surface area contributed by atoms with E-state index in [9.17, 15) is 4.79 Å². The molecular formula is C12H19NO2. The maximum Gasteiger partial charge on any atom is 0.252 e. The molecule has 1 aliphatic heterocycles. The number of amides is 1. The first-order valence-electron chi connectivity index (χ1n) is 5.57. The fourth-order valence-corrected chi connectivity index (χ4v) is 2.29. The van der Waals surface area contributed by atoms with Crippen LogP contribution in [0.25, 0.3) is 0 Å². The lowest BCUT2D eigenvalue weighted by Crippen LogP contribution is -2.42. The zero-order chi connectivity index (χ0) is 11.2. The van der Waals surface area contributed by atoms with Gasteiger partial charge < -0.3 is 0 Å². The first-order valence-corrected chi connectivity index (χ1v) is 5.57. The quantitative estimate of drug-likeness (QED) is 0.573. The largest absolute Gasteiger partial charge is 0.272 e. The topological polar surface area (TPSA) is 29.5 Å². The smallest absolute Gasteiger partial charge is 0.252 e. The molecule has 15 heavy (non-hydrogen) atoms. The Kier molecular flexibility index (Phi) is 2.38. The van der Waals surface area contributed by atoms with Gasteiger partial charge in [0, 0.05) is 0 Å². The third-order valence-corrected chi connectivity index (χ3v) is 3.11. The maximum absolute atomic E-state index is 12.1. The molecule has 2 rings (SSSR count). The predicted molar refractivity (Wildman–Crippen MR) is 58.0 cm³/mol. The van der Waals surface area contributed by atoms with Crippen molar-refractivity contribution in [3.05, 3.63) is 12.2 Å². The minimum absolute atomic E-state index is 0.0190. The van der Waals surface area contributed by atoms with E-state index in [1.54, 1.807) is 5.06 Å². The summed E-state index contributed by atoms with van der Waals surface area (Å²) in [4.78, 5) is 17.8. The highest BCUT2D eigenvalue weighted by atomic mass is 16.7. The molecule has 1 saturated heterocycles. The molecule has 3 heteroatoms. The van der Waals surface area contributed by atoms with E-state index in [0.29, 0.717) is 0 Å². The maximum atomic E-state index is 12.1. The van der Waals surface area contributed by atoms with Crippen molar-refractivity contribution in [2.24, 2.45) is 5.92 Å². The summed E-state index contributed by atoms with van der Waals surface area (Å²) >= 11 is 0. The molecule has 0 aromatic rings. The molecule has 2 aliphatic rings. The van der Waals surface area contributed by atoms with Crippen LogP contribution in [0.5, 0.6) is 0 Å². The fourth-order valence-electron chi connectivity index (χ4n) is 2.29. The Balaban J connectivity index is 2.17. The van der Waals surface area contributed by atoms with Gasteiger partial charge in [-0.2, -0.15) is 0 Å². The average molecular weight is 209 g/mol. The second-order valence-electron chi connectivity index (χ2n) is 5.55. The van der Waals surface area contributed by atoms with Gasteiger partial charge in [-0.05, 0) is 40.0 Å². The van der Waals surface area contributed by atoms with Crippen molar-refractivity contribution >= 4 is 5.91 Å². The van der Waals surface area contributed by atoms with Crippen molar-refractivity contribution in [2.75, 3.05) is 0 Å². The van der Waals surface area contributed by atoms with Crippen molar-refractivity contribution in [1.82, 2.24) is 5.06 Å². The van der Waals surface area contributed by atoms with Crippen LogP contribution in [0.4, 0.5) is 0 Å². The zero-order valence-electron chi connectivity index (χ0n) is 9.75. The summed E-state index contributed by atoms with van der Waals surface area (Å²) in [7, 11) is 0. The van der Waals surface area contributed by atoms with Crippen LogP contribution in [-0.4, -0.2) is 22.6 Å². The van der Waals surface area contributed by atoms with Gasteiger partial charge in [0.15, 0.2) is 0 Å². The van der Waals surface area contributed by atoms with Gasteiger partial charge in [-0.15, -0.1) is 0 Å². The Morgan fingerprint density at radius 1 is 1.47 bits per heavy atom. The first kappa shape index (κ1) is 10.7. The van der Waals surface area contributed by atoms with Crippen LogP contribution < -0.4 is 0 Å². The van der Waals surface area contributed by atoms with Gasteiger partial charge in [-0.3, -0.25) is 9.63 Å². The summed E-state index contributed by atoms with van der Waals surface area (Å²) < 4.78 is 0. The number of hydrogen-bond acceptors (Lipinski definition) is 2. The summed E-state index contributed by atoms with van der Waals surface area (Å²) in [5.74, 6) is 0.152. The van der Waals surface area contributed by atoms with E-state index in [1.807, 2.05) is 20.8 Å². The Morgan fingerprint density at radius 3 is 2.73 bits per heavy atom. The van der Waals surface area contributed by atoms with E-state index in [0.717, 1.165) is 19.3 Å². The number of hydroxylamine groups is 2. The SMILES string of the molecule is C=C1CCC2ON(C(C)(C)C)C(=O)C2C1. The Labute approximate surface area is 91.0 Å². The van der Waals surface area contributed by atoms with E-state index in [1.165, 1.54) is 5.57 Å². The number of carbonyl (C=O) groups is 1. The molecule has 84 valence electrons. The highest BCUT2D eigenvalue weighted by Crippen LogP contribution is 2.38. The van der Waals surface area contributed by atoms with Crippen LogP contribution >= 0.6 is 0 Å². The van der Waals surface area contributed by atoms with Crippen LogP contribution in [0, 0.1) is 5.92 Å². The van der Waals surface area contributed by atoms with Crippen molar-refractivity contribution < 1.29 is 9.63 Å². The number of fused-ring (bicyclic) bond motifs is 1. The normalized spacial score (nSPS) is 32.1. The first-order chi connectivity index (χ1) is 6.89. The zero-order valence-corrected chi connectivity index (χ0v) is 9.75. The number of hydrogen-bond donors (Lipinski definition) is 0. The molecule has 1 heterocycles. The molecule has 0 bridgehead atoms. The molecule has 0 radical (unpaired) electrons. The van der Waals surface area contributed by atoms with Gasteiger partial charge in [-0.1, -0.05) is 12.2 Å². The minimum Gasteiger partial charge on any atom is -0.272 e. The number of rotatable bonds is 0. The molecule has 1 saturated carbocycles. The van der Waals surface area contributed by atoms with Crippen LogP contribution in [0.3, 0.4) is 0 Å². The van der Waals surface area contributed by atoms with Gasteiger partial charge in [-0.25, -0.2) is 5.06 Å². The van der Waals surface area contributed by atoms with E-state index >= 15 is 0 Å². The number of allylic oxidation sites excluding steroid dienone is 1. The van der Waals surface area contributed by atoms with Crippen LogP contribution in [-0.2, 0) is 9.63 Å². The molecule has 2 atom stereocenters. The lowest BCUT2D eigenvalue weighted by molar-refractivity contribution is -0.203. The molecule has 3 nitrogen and oxygen atoms in total. The van der Waals surface area contributed by atoms with Crippen molar-refractivity contribution in [2.45, 2.75) is 51.7 Å². The second-order valence-corrected chi connectivity index (χ2v) is 5.55. The van der Waals surface area contributed by atoms with E-state index in [2.05, 4.69) is 6.58 Å². The van der Waals surface area contributed by atoms with Crippen LogP contribution in [0.1, 0.15) is 40.0 Å². The monoisotopic (exact) mass is 209 g/mol. The highest BCUT2D eigenvalue weighted by Gasteiger charge is 2.47. The third kappa shape index (κ3) is 1.81. The molecule has 1 amide bonds. The summed E-state index contributed by atoms with van der Waals surface area (Å²) in [6.07, 6.45) is 2.81. The summed E-state index contributed by atoms with van der Waals surface area (Å²) in [6, 6.07) is 0. The Morgan fingerprint density at radius 2 is 2.13 bits per heavy atom. The molecular weight excluding hydrogens is 190 g/mol. The highest BCUT2D eigenvalue weighted by molar-refractivity contribution is 5.81. The summed E-state index contributed by atoms with van der Waals surface area (Å²) in [5.41, 5.74) is 0.944. The lowest BCUT2D eigenvalue weighted by Gasteiger charge is -2.30. The standard InChI is InChI=1S/C12H19NO2/c1-8-5-6-10-9(7-8)11(14)13(15-10)12(2,3)4/h9-10H,1,5-7H2,2-4H3. The van der Waals surface area contributed by atoms with Gasteiger partial charge in [0.2, 0.25) is 0 Å². The molecule has 0 N–H and O–H groups in total. The van der Waals surface area contributed by atoms with E-state index in [-0.39, 0.29) is 23.5 Å². The Bertz CT molecular complexity index is 303. The molecule has 0 aromatic heterocycles. The molecule has 2 fully saturated rings. The molecule has 0 aromatic carbocycles. The molecule has 2 unspecified atom stereocenters.